The first-order valence-electron chi connectivity index (χ1n) is 8.18. The van der Waals surface area contributed by atoms with Gasteiger partial charge in [0.1, 0.15) is 0 Å². The number of ether oxygens (including phenoxy) is 1. The van der Waals surface area contributed by atoms with Gasteiger partial charge < -0.3 is 15.2 Å². The van der Waals surface area contributed by atoms with Crippen molar-refractivity contribution in [3.63, 3.8) is 0 Å². The van der Waals surface area contributed by atoms with Crippen molar-refractivity contribution in [1.82, 2.24) is 10.2 Å². The van der Waals surface area contributed by atoms with Crippen molar-refractivity contribution >= 4 is 0 Å². The first-order chi connectivity index (χ1) is 10.7. The monoisotopic (exact) mass is 308 g/mol. The van der Waals surface area contributed by atoms with Crippen molar-refractivity contribution in [3.05, 3.63) is 29.1 Å². The number of halogens is 1. The van der Waals surface area contributed by atoms with E-state index in [0.29, 0.717) is 5.92 Å². The molecule has 0 saturated carbocycles. The molecule has 0 aliphatic carbocycles. The van der Waals surface area contributed by atoms with Crippen LogP contribution in [0.2, 0.25) is 0 Å². The van der Waals surface area contributed by atoms with Crippen LogP contribution in [0.15, 0.2) is 12.1 Å². The normalized spacial score (nSPS) is 22.6. The van der Waals surface area contributed by atoms with E-state index in [1.807, 2.05) is 13.0 Å². The van der Waals surface area contributed by atoms with Crippen LogP contribution in [0.1, 0.15) is 30.0 Å². The number of aromatic hydroxyl groups is 1. The number of hydrogen-bond donors (Lipinski definition) is 2. The summed E-state index contributed by atoms with van der Waals surface area (Å²) in [6.45, 7) is 7.12. The van der Waals surface area contributed by atoms with Crippen LogP contribution in [-0.4, -0.2) is 49.4 Å². The zero-order valence-electron chi connectivity index (χ0n) is 13.1. The predicted octanol–water partition coefficient (Wildman–Crippen LogP) is 2.21. The highest BCUT2D eigenvalue weighted by molar-refractivity contribution is 5.40. The maximum atomic E-state index is 14.0. The van der Waals surface area contributed by atoms with Crippen LogP contribution < -0.4 is 5.32 Å². The minimum absolute atomic E-state index is 0.0698. The van der Waals surface area contributed by atoms with Gasteiger partial charge in [-0.25, -0.2) is 4.39 Å². The lowest BCUT2D eigenvalue weighted by molar-refractivity contribution is 0.0205. The summed E-state index contributed by atoms with van der Waals surface area (Å²) in [6, 6.07) is 3.42. The molecule has 22 heavy (non-hydrogen) atoms. The van der Waals surface area contributed by atoms with E-state index in [2.05, 4.69) is 10.2 Å². The van der Waals surface area contributed by atoms with E-state index in [9.17, 15) is 9.50 Å². The molecule has 1 atom stereocenters. The summed E-state index contributed by atoms with van der Waals surface area (Å²) in [5.41, 5.74) is 1.60. The molecule has 0 amide bonds. The number of nitrogens with zero attached hydrogens (tertiary/aromatic N) is 1. The van der Waals surface area contributed by atoms with Gasteiger partial charge in [-0.3, -0.25) is 4.90 Å². The first kappa shape index (κ1) is 15.7. The Balaban J connectivity index is 1.96. The van der Waals surface area contributed by atoms with Gasteiger partial charge in [0.25, 0.3) is 0 Å². The van der Waals surface area contributed by atoms with Gasteiger partial charge in [-0.1, -0.05) is 6.07 Å². The summed E-state index contributed by atoms with van der Waals surface area (Å²) >= 11 is 0. The van der Waals surface area contributed by atoms with E-state index >= 15 is 0 Å². The van der Waals surface area contributed by atoms with Gasteiger partial charge in [0, 0.05) is 51.0 Å². The Morgan fingerprint density at radius 3 is 2.64 bits per heavy atom. The first-order valence-corrected chi connectivity index (χ1v) is 8.18. The third-order valence-electron chi connectivity index (χ3n) is 4.81. The molecule has 2 aliphatic heterocycles. The summed E-state index contributed by atoms with van der Waals surface area (Å²) in [5, 5.41) is 13.7. The van der Waals surface area contributed by atoms with Gasteiger partial charge in [0.2, 0.25) is 0 Å². The average molecular weight is 308 g/mol. The molecule has 1 aromatic rings. The van der Waals surface area contributed by atoms with E-state index in [-0.39, 0.29) is 11.8 Å². The topological polar surface area (TPSA) is 44.7 Å². The number of phenols is 1. The number of rotatable bonds is 3. The van der Waals surface area contributed by atoms with E-state index in [1.54, 1.807) is 0 Å². The highest BCUT2D eigenvalue weighted by Crippen LogP contribution is 2.40. The number of piperazine rings is 1. The van der Waals surface area contributed by atoms with Crippen molar-refractivity contribution in [2.24, 2.45) is 5.92 Å². The maximum absolute atomic E-state index is 14.0. The number of aryl methyl sites for hydroxylation is 1. The minimum atomic E-state index is -0.512. The lowest BCUT2D eigenvalue weighted by Crippen LogP contribution is -2.47. The molecule has 3 rings (SSSR count). The van der Waals surface area contributed by atoms with E-state index in [1.165, 1.54) is 6.07 Å². The fourth-order valence-corrected chi connectivity index (χ4v) is 3.73. The molecular formula is C17H25FN2O2. The Morgan fingerprint density at radius 1 is 1.27 bits per heavy atom. The molecule has 1 aromatic carbocycles. The van der Waals surface area contributed by atoms with Crippen molar-refractivity contribution < 1.29 is 14.2 Å². The van der Waals surface area contributed by atoms with E-state index in [0.717, 1.165) is 63.4 Å². The second kappa shape index (κ2) is 6.94. The van der Waals surface area contributed by atoms with Gasteiger partial charge in [-0.15, -0.1) is 0 Å². The largest absolute Gasteiger partial charge is 0.505 e. The van der Waals surface area contributed by atoms with Crippen LogP contribution in [0, 0.1) is 18.7 Å². The Hall–Kier alpha value is -1.17. The van der Waals surface area contributed by atoms with Gasteiger partial charge in [0.15, 0.2) is 11.6 Å². The molecule has 0 radical (unpaired) electrons. The number of benzene rings is 1. The fraction of sp³-hybridized carbons (Fsp3) is 0.647. The molecule has 0 unspecified atom stereocenters. The molecule has 0 aromatic heterocycles. The lowest BCUT2D eigenvalue weighted by Gasteiger charge is -2.41. The fourth-order valence-electron chi connectivity index (χ4n) is 3.73. The van der Waals surface area contributed by atoms with Crippen LogP contribution in [0.4, 0.5) is 4.39 Å². The van der Waals surface area contributed by atoms with Gasteiger partial charge in [-0.2, -0.15) is 0 Å². The molecule has 2 saturated heterocycles. The zero-order chi connectivity index (χ0) is 15.5. The Labute approximate surface area is 131 Å². The number of hydrogen-bond acceptors (Lipinski definition) is 4. The molecule has 2 aliphatic rings. The molecule has 2 fully saturated rings. The minimum Gasteiger partial charge on any atom is -0.505 e. The predicted molar refractivity (Wildman–Crippen MR) is 83.5 cm³/mol. The van der Waals surface area contributed by atoms with Gasteiger partial charge in [-0.05, 0) is 37.3 Å². The van der Waals surface area contributed by atoms with E-state index < -0.39 is 5.82 Å². The van der Waals surface area contributed by atoms with Crippen LogP contribution in [0.25, 0.3) is 0 Å². The standard InChI is InChI=1S/C17H25FN2O2/c1-12-10-14(17(21)15(18)11-12)16(13-2-8-22-9-3-13)20-6-4-19-5-7-20/h10-11,13,16,19,21H,2-9H2,1H3/t16-/m1/s1. The number of phenolic OH excluding ortho intramolecular Hbond substituents is 1. The Morgan fingerprint density at radius 2 is 1.95 bits per heavy atom. The second-order valence-electron chi connectivity index (χ2n) is 6.37. The highest BCUT2D eigenvalue weighted by atomic mass is 19.1. The van der Waals surface area contributed by atoms with Crippen LogP contribution >= 0.6 is 0 Å². The molecule has 4 nitrogen and oxygen atoms in total. The lowest BCUT2D eigenvalue weighted by atomic mass is 9.84. The molecule has 0 bridgehead atoms. The van der Waals surface area contributed by atoms with Crippen molar-refractivity contribution in [2.45, 2.75) is 25.8 Å². The van der Waals surface area contributed by atoms with Crippen LogP contribution in [-0.2, 0) is 4.74 Å². The maximum Gasteiger partial charge on any atom is 0.165 e. The van der Waals surface area contributed by atoms with Crippen molar-refractivity contribution in [1.29, 1.82) is 0 Å². The number of nitrogens with one attached hydrogen (secondary N) is 1. The molecule has 2 heterocycles. The Kier molecular flexibility index (Phi) is 4.96. The molecule has 2 N–H and O–H groups in total. The Bertz CT molecular complexity index is 494. The smallest absolute Gasteiger partial charge is 0.165 e. The van der Waals surface area contributed by atoms with E-state index in [4.69, 9.17) is 4.74 Å². The zero-order valence-corrected chi connectivity index (χ0v) is 13.1. The van der Waals surface area contributed by atoms with Crippen molar-refractivity contribution in [2.75, 3.05) is 39.4 Å². The van der Waals surface area contributed by atoms with Crippen molar-refractivity contribution in [3.8, 4) is 5.75 Å². The summed E-state index contributed by atoms with van der Waals surface area (Å²) in [6.07, 6.45) is 1.92. The summed E-state index contributed by atoms with van der Waals surface area (Å²) in [7, 11) is 0. The molecule has 122 valence electrons. The quantitative estimate of drug-likeness (QED) is 0.899. The molecule has 5 heteroatoms. The van der Waals surface area contributed by atoms with Crippen LogP contribution in [0.3, 0.4) is 0 Å². The summed E-state index contributed by atoms with van der Waals surface area (Å²) in [5.74, 6) is -0.290. The third-order valence-corrected chi connectivity index (χ3v) is 4.81. The third kappa shape index (κ3) is 3.26. The second-order valence-corrected chi connectivity index (χ2v) is 6.37. The van der Waals surface area contributed by atoms with Gasteiger partial charge >= 0.3 is 0 Å². The summed E-state index contributed by atoms with van der Waals surface area (Å²) in [4.78, 5) is 2.39. The molecular weight excluding hydrogens is 283 g/mol. The average Bonchev–Trinajstić information content (AvgIpc) is 2.54. The van der Waals surface area contributed by atoms with Crippen LogP contribution in [0.5, 0.6) is 5.75 Å². The summed E-state index contributed by atoms with van der Waals surface area (Å²) < 4.78 is 19.5. The SMILES string of the molecule is Cc1cc(F)c(O)c([C@@H](C2CCOCC2)N2CCNCC2)c1. The highest BCUT2D eigenvalue weighted by Gasteiger charge is 2.33. The molecule has 0 spiro atoms. The van der Waals surface area contributed by atoms with Gasteiger partial charge in [0.05, 0.1) is 0 Å².